The lowest BCUT2D eigenvalue weighted by molar-refractivity contribution is 1.06. The van der Waals surface area contributed by atoms with Crippen molar-refractivity contribution in [1.29, 1.82) is 0 Å². The molecule has 0 bridgehead atoms. The zero-order valence-corrected chi connectivity index (χ0v) is 11.4. The molecule has 2 heterocycles. The topological polar surface area (TPSA) is 17.8 Å². The largest absolute Gasteiger partial charge is 0.322 e. The molecule has 2 aromatic rings. The predicted octanol–water partition coefficient (Wildman–Crippen LogP) is 3.10. The average Bonchev–Trinajstić information content (AvgIpc) is 2.79. The number of pyridine rings is 1. The molecule has 0 saturated carbocycles. The second-order valence-electron chi connectivity index (χ2n) is 5.02. The molecule has 17 heavy (non-hydrogen) atoms. The van der Waals surface area contributed by atoms with Crippen molar-refractivity contribution >= 4 is 8.07 Å². The summed E-state index contributed by atoms with van der Waals surface area (Å²) in [7, 11) is -1.32. The summed E-state index contributed by atoms with van der Waals surface area (Å²) in [6, 6.07) is 6.07. The fraction of sp³-hybridized carbons (Fsp3) is 0.214. The van der Waals surface area contributed by atoms with E-state index in [0.717, 1.165) is 11.3 Å². The van der Waals surface area contributed by atoms with Gasteiger partial charge in [-0.2, -0.15) is 0 Å². The van der Waals surface area contributed by atoms with Crippen molar-refractivity contribution in [2.45, 2.75) is 19.6 Å². The Labute approximate surface area is 103 Å². The zero-order chi connectivity index (χ0) is 12.3. The van der Waals surface area contributed by atoms with Crippen molar-refractivity contribution in [2.75, 3.05) is 0 Å². The van der Waals surface area contributed by atoms with Crippen LogP contribution in [0.3, 0.4) is 0 Å². The van der Waals surface area contributed by atoms with Crippen LogP contribution in [0, 0.1) is 11.5 Å². The number of hydrogen-bond donors (Lipinski definition) is 0. The van der Waals surface area contributed by atoms with Crippen LogP contribution in [0.2, 0.25) is 19.6 Å². The van der Waals surface area contributed by atoms with Crippen LogP contribution >= 0.6 is 0 Å². The van der Waals surface area contributed by atoms with Gasteiger partial charge in [-0.3, -0.25) is 4.98 Å². The molecule has 0 aliphatic rings. The molecule has 0 aliphatic carbocycles. The summed E-state index contributed by atoms with van der Waals surface area (Å²) >= 11 is 0. The van der Waals surface area contributed by atoms with Gasteiger partial charge in [-0.15, -0.1) is 5.54 Å². The van der Waals surface area contributed by atoms with E-state index in [-0.39, 0.29) is 0 Å². The van der Waals surface area contributed by atoms with Gasteiger partial charge in [0.2, 0.25) is 0 Å². The van der Waals surface area contributed by atoms with Gasteiger partial charge in [0.05, 0.1) is 11.9 Å². The van der Waals surface area contributed by atoms with Crippen LogP contribution in [0.5, 0.6) is 0 Å². The normalized spacial score (nSPS) is 10.8. The van der Waals surface area contributed by atoms with Crippen LogP contribution in [0.4, 0.5) is 0 Å². The molecule has 0 radical (unpaired) electrons. The Kier molecular flexibility index (Phi) is 3.16. The van der Waals surface area contributed by atoms with E-state index >= 15 is 0 Å². The molecule has 86 valence electrons. The molecule has 2 nitrogen and oxygen atoms in total. The fourth-order valence-corrected chi connectivity index (χ4v) is 1.92. The quantitative estimate of drug-likeness (QED) is 0.553. The second-order valence-corrected chi connectivity index (χ2v) is 9.77. The van der Waals surface area contributed by atoms with Gasteiger partial charge in [-0.05, 0) is 18.2 Å². The van der Waals surface area contributed by atoms with Crippen LogP contribution in [0.15, 0.2) is 43.0 Å². The van der Waals surface area contributed by atoms with Crippen molar-refractivity contribution < 1.29 is 0 Å². The highest BCUT2D eigenvalue weighted by Crippen LogP contribution is 2.08. The lowest BCUT2D eigenvalue weighted by atomic mass is 10.3. The maximum atomic E-state index is 4.23. The third kappa shape index (κ3) is 3.33. The molecular formula is C14H16N2Si. The van der Waals surface area contributed by atoms with Gasteiger partial charge < -0.3 is 4.57 Å². The van der Waals surface area contributed by atoms with Crippen molar-refractivity contribution in [2.24, 2.45) is 0 Å². The first-order chi connectivity index (χ1) is 8.04. The van der Waals surface area contributed by atoms with E-state index in [9.17, 15) is 0 Å². The standard InChI is InChI=1S/C14H16N2Si/c1-17(2,3)9-6-13-10-14(12-15-11-13)16-7-4-5-8-16/h4-5,7-8,10-12H,1-3H3. The number of nitrogens with zero attached hydrogens (tertiary/aromatic N) is 2. The van der Waals surface area contributed by atoms with E-state index in [1.54, 1.807) is 0 Å². The van der Waals surface area contributed by atoms with Crippen LogP contribution < -0.4 is 0 Å². The van der Waals surface area contributed by atoms with E-state index < -0.39 is 8.07 Å². The Hall–Kier alpha value is -1.79. The molecule has 0 atom stereocenters. The van der Waals surface area contributed by atoms with Crippen molar-refractivity contribution in [3.05, 3.63) is 48.5 Å². The molecule has 3 heteroatoms. The minimum absolute atomic E-state index is 0.985. The van der Waals surface area contributed by atoms with Gasteiger partial charge in [-0.25, -0.2) is 0 Å². The SMILES string of the molecule is C[Si](C)(C)C#Cc1cncc(-n2cccc2)c1. The lowest BCUT2D eigenvalue weighted by Gasteiger charge is -2.04. The number of hydrogen-bond acceptors (Lipinski definition) is 1. The highest BCUT2D eigenvalue weighted by Gasteiger charge is 2.07. The molecule has 0 unspecified atom stereocenters. The van der Waals surface area contributed by atoms with E-state index in [1.807, 2.05) is 41.5 Å². The molecule has 0 amide bonds. The molecule has 0 saturated heterocycles. The smallest absolute Gasteiger partial charge is 0.129 e. The molecule has 0 spiro atoms. The molecule has 2 aromatic heterocycles. The molecule has 0 aliphatic heterocycles. The maximum Gasteiger partial charge on any atom is 0.129 e. The van der Waals surface area contributed by atoms with Crippen LogP contribution in [-0.4, -0.2) is 17.6 Å². The highest BCUT2D eigenvalue weighted by atomic mass is 28.3. The Bertz CT molecular complexity index is 554. The summed E-state index contributed by atoms with van der Waals surface area (Å²) in [6.07, 6.45) is 7.68. The van der Waals surface area contributed by atoms with Gasteiger partial charge >= 0.3 is 0 Å². The Morgan fingerprint density at radius 2 is 1.82 bits per heavy atom. The minimum atomic E-state index is -1.32. The minimum Gasteiger partial charge on any atom is -0.322 e. The summed E-state index contributed by atoms with van der Waals surface area (Å²) < 4.78 is 2.03. The summed E-state index contributed by atoms with van der Waals surface area (Å²) in [5, 5.41) is 0. The number of rotatable bonds is 1. The van der Waals surface area contributed by atoms with E-state index in [4.69, 9.17) is 0 Å². The van der Waals surface area contributed by atoms with Crippen molar-refractivity contribution in [3.8, 4) is 17.2 Å². The Balaban J connectivity index is 2.32. The first-order valence-electron chi connectivity index (χ1n) is 5.66. The number of aromatic nitrogens is 2. The monoisotopic (exact) mass is 240 g/mol. The third-order valence-corrected chi connectivity index (χ3v) is 3.08. The molecule has 0 N–H and O–H groups in total. The van der Waals surface area contributed by atoms with Crippen LogP contribution in [0.25, 0.3) is 5.69 Å². The summed E-state index contributed by atoms with van der Waals surface area (Å²) in [6.45, 7) is 6.72. The van der Waals surface area contributed by atoms with E-state index in [1.165, 1.54) is 0 Å². The first kappa shape index (κ1) is 11.7. The summed E-state index contributed by atoms with van der Waals surface area (Å²) in [5.74, 6) is 3.22. The third-order valence-electron chi connectivity index (χ3n) is 2.21. The zero-order valence-electron chi connectivity index (χ0n) is 10.4. The fourth-order valence-electron chi connectivity index (χ4n) is 1.40. The van der Waals surface area contributed by atoms with Crippen LogP contribution in [0.1, 0.15) is 5.56 Å². The van der Waals surface area contributed by atoms with E-state index in [2.05, 4.69) is 42.2 Å². The highest BCUT2D eigenvalue weighted by molar-refractivity contribution is 6.83. The average molecular weight is 240 g/mol. The molecular weight excluding hydrogens is 224 g/mol. The van der Waals surface area contributed by atoms with Gasteiger partial charge in [-0.1, -0.05) is 25.6 Å². The predicted molar refractivity (Wildman–Crippen MR) is 73.8 cm³/mol. The second kappa shape index (κ2) is 4.60. The van der Waals surface area contributed by atoms with Crippen molar-refractivity contribution in [1.82, 2.24) is 9.55 Å². The van der Waals surface area contributed by atoms with Gasteiger partial charge in [0.25, 0.3) is 0 Å². The summed E-state index contributed by atoms with van der Waals surface area (Å²) in [4.78, 5) is 4.23. The van der Waals surface area contributed by atoms with Crippen LogP contribution in [-0.2, 0) is 0 Å². The van der Waals surface area contributed by atoms with Gasteiger partial charge in [0, 0.05) is 24.2 Å². The lowest BCUT2D eigenvalue weighted by Crippen LogP contribution is -2.16. The van der Waals surface area contributed by atoms with Gasteiger partial charge in [0.15, 0.2) is 0 Å². The molecule has 2 rings (SSSR count). The van der Waals surface area contributed by atoms with E-state index in [0.29, 0.717) is 0 Å². The summed E-state index contributed by atoms with van der Waals surface area (Å²) in [5.41, 5.74) is 5.39. The maximum absolute atomic E-state index is 4.23. The first-order valence-corrected chi connectivity index (χ1v) is 9.16. The Morgan fingerprint density at radius 1 is 1.12 bits per heavy atom. The molecule has 0 aromatic carbocycles. The van der Waals surface area contributed by atoms with Crippen molar-refractivity contribution in [3.63, 3.8) is 0 Å². The Morgan fingerprint density at radius 3 is 2.47 bits per heavy atom. The molecule has 0 fully saturated rings. The van der Waals surface area contributed by atoms with Gasteiger partial charge in [0.1, 0.15) is 8.07 Å².